The highest BCUT2D eigenvalue weighted by Gasteiger charge is 2.31. The molecule has 4 rings (SSSR count). The molecule has 0 bridgehead atoms. The third-order valence-electron chi connectivity index (χ3n) is 5.11. The van der Waals surface area contributed by atoms with Crippen LogP contribution in [0.2, 0.25) is 0 Å². The van der Waals surface area contributed by atoms with Crippen LogP contribution in [-0.2, 0) is 25.8 Å². The second-order valence-electron chi connectivity index (χ2n) is 7.28. The lowest BCUT2D eigenvalue weighted by molar-refractivity contribution is -0.134. The number of carbonyl (C=O) groups is 1. The average Bonchev–Trinajstić information content (AvgIpc) is 3.32. The predicted octanol–water partition coefficient (Wildman–Crippen LogP) is 1.74. The van der Waals surface area contributed by atoms with Gasteiger partial charge in [-0.2, -0.15) is 0 Å². The Bertz CT molecular complexity index is 942. The van der Waals surface area contributed by atoms with Crippen molar-refractivity contribution in [2.24, 2.45) is 5.92 Å². The van der Waals surface area contributed by atoms with E-state index in [1.165, 1.54) is 11.8 Å². The standard InChI is InChI=1S/C19H23N3O5S2/c23-18(22-7-9-26-10-8-22)17(15-4-2-1-3-5-15)28-19-21-20-16(27-19)12-14-6-11-29(24,25)13-14/h1-5,14,17H,6-13H2/t14-,17-/m1/s1. The molecule has 0 spiro atoms. The first-order chi connectivity index (χ1) is 14.0. The Morgan fingerprint density at radius 1 is 1.21 bits per heavy atom. The van der Waals surface area contributed by atoms with E-state index < -0.39 is 15.1 Å². The number of hydrogen-bond donors (Lipinski definition) is 0. The number of aromatic nitrogens is 2. The Kier molecular flexibility index (Phi) is 6.21. The zero-order valence-electron chi connectivity index (χ0n) is 15.9. The molecule has 0 aliphatic carbocycles. The normalized spacial score (nSPS) is 22.5. The Labute approximate surface area is 173 Å². The topological polar surface area (TPSA) is 103 Å². The lowest BCUT2D eigenvalue weighted by Gasteiger charge is -2.29. The van der Waals surface area contributed by atoms with E-state index in [4.69, 9.17) is 9.15 Å². The Balaban J connectivity index is 1.48. The molecule has 2 aliphatic heterocycles. The fraction of sp³-hybridized carbons (Fsp3) is 0.526. The van der Waals surface area contributed by atoms with Crippen molar-refractivity contribution in [2.45, 2.75) is 23.3 Å². The molecule has 1 aromatic heterocycles. The van der Waals surface area contributed by atoms with Gasteiger partial charge < -0.3 is 14.1 Å². The van der Waals surface area contributed by atoms with Gasteiger partial charge in [0.05, 0.1) is 24.7 Å². The summed E-state index contributed by atoms with van der Waals surface area (Å²) in [4.78, 5) is 15.0. The Hall–Kier alpha value is -1.91. The first-order valence-corrected chi connectivity index (χ1v) is 12.3. The summed E-state index contributed by atoms with van der Waals surface area (Å²) in [5.41, 5.74) is 0.871. The number of thioether (sulfide) groups is 1. The maximum atomic E-state index is 13.2. The molecule has 3 heterocycles. The minimum atomic E-state index is -2.94. The van der Waals surface area contributed by atoms with Gasteiger partial charge in [-0.15, -0.1) is 10.2 Å². The first kappa shape index (κ1) is 20.4. The molecular formula is C19H23N3O5S2. The summed E-state index contributed by atoms with van der Waals surface area (Å²) >= 11 is 1.23. The number of benzene rings is 1. The van der Waals surface area contributed by atoms with Crippen molar-refractivity contribution in [3.05, 3.63) is 41.8 Å². The van der Waals surface area contributed by atoms with Gasteiger partial charge in [0.25, 0.3) is 5.22 Å². The SMILES string of the molecule is O=C([C@H](Sc1nnc(C[C@H]2CCS(=O)(=O)C2)o1)c1ccccc1)N1CCOCC1. The minimum absolute atomic E-state index is 0.00821. The summed E-state index contributed by atoms with van der Waals surface area (Å²) < 4.78 is 34.4. The van der Waals surface area contributed by atoms with Crippen molar-refractivity contribution in [1.82, 2.24) is 15.1 Å². The molecule has 2 atom stereocenters. The lowest BCUT2D eigenvalue weighted by atomic mass is 10.1. The number of carbonyl (C=O) groups excluding carboxylic acids is 1. The van der Waals surface area contributed by atoms with Gasteiger partial charge in [-0.05, 0) is 29.7 Å². The van der Waals surface area contributed by atoms with Crippen molar-refractivity contribution < 1.29 is 22.4 Å². The van der Waals surface area contributed by atoms with Crippen molar-refractivity contribution in [3.63, 3.8) is 0 Å². The van der Waals surface area contributed by atoms with Crippen LogP contribution in [0.4, 0.5) is 0 Å². The third-order valence-corrected chi connectivity index (χ3v) is 8.02. The zero-order chi connectivity index (χ0) is 20.3. The van der Waals surface area contributed by atoms with Crippen molar-refractivity contribution in [1.29, 1.82) is 0 Å². The molecule has 2 fully saturated rings. The number of hydrogen-bond acceptors (Lipinski definition) is 8. The smallest absolute Gasteiger partial charge is 0.277 e. The van der Waals surface area contributed by atoms with Crippen molar-refractivity contribution >= 4 is 27.5 Å². The number of nitrogens with zero attached hydrogens (tertiary/aromatic N) is 3. The fourth-order valence-electron chi connectivity index (χ4n) is 3.59. The summed E-state index contributed by atoms with van der Waals surface area (Å²) in [5, 5.41) is 7.98. The molecule has 8 nitrogen and oxygen atoms in total. The van der Waals surface area contributed by atoms with Crippen molar-refractivity contribution in [3.8, 4) is 0 Å². The minimum Gasteiger partial charge on any atom is -0.416 e. The summed E-state index contributed by atoms with van der Waals surface area (Å²) in [7, 11) is -2.94. The van der Waals surface area contributed by atoms with Gasteiger partial charge in [-0.25, -0.2) is 8.42 Å². The van der Waals surface area contributed by atoms with Crippen molar-refractivity contribution in [2.75, 3.05) is 37.8 Å². The lowest BCUT2D eigenvalue weighted by Crippen LogP contribution is -2.42. The molecule has 0 saturated carbocycles. The molecule has 2 aromatic rings. The van der Waals surface area contributed by atoms with Gasteiger partial charge in [0.2, 0.25) is 11.8 Å². The van der Waals surface area contributed by atoms with Crippen LogP contribution in [0.5, 0.6) is 0 Å². The predicted molar refractivity (Wildman–Crippen MR) is 107 cm³/mol. The van der Waals surface area contributed by atoms with Crippen LogP contribution < -0.4 is 0 Å². The summed E-state index contributed by atoms with van der Waals surface area (Å²) in [5.74, 6) is 0.807. The number of amides is 1. The van der Waals surface area contributed by atoms with E-state index in [1.807, 2.05) is 30.3 Å². The van der Waals surface area contributed by atoms with E-state index in [1.54, 1.807) is 4.90 Å². The highest BCUT2D eigenvalue weighted by molar-refractivity contribution is 8.00. The van der Waals surface area contributed by atoms with E-state index in [-0.39, 0.29) is 23.3 Å². The van der Waals surface area contributed by atoms with Crippen LogP contribution in [0.3, 0.4) is 0 Å². The molecule has 0 N–H and O–H groups in total. The Morgan fingerprint density at radius 3 is 2.66 bits per heavy atom. The molecule has 1 amide bonds. The van der Waals surface area contributed by atoms with Crippen LogP contribution in [0, 0.1) is 5.92 Å². The van der Waals surface area contributed by atoms with E-state index in [0.29, 0.717) is 50.3 Å². The maximum Gasteiger partial charge on any atom is 0.277 e. The summed E-state index contributed by atoms with van der Waals surface area (Å²) in [6, 6.07) is 9.53. The van der Waals surface area contributed by atoms with Crippen LogP contribution in [0.15, 0.2) is 40.0 Å². The van der Waals surface area contributed by atoms with Crippen LogP contribution in [0.1, 0.15) is 23.1 Å². The molecule has 2 saturated heterocycles. The third kappa shape index (κ3) is 5.18. The van der Waals surface area contributed by atoms with Gasteiger partial charge in [-0.1, -0.05) is 30.3 Å². The average molecular weight is 438 g/mol. The van der Waals surface area contributed by atoms with Crippen LogP contribution >= 0.6 is 11.8 Å². The number of ether oxygens (including phenoxy) is 1. The van der Waals surface area contributed by atoms with Gasteiger partial charge in [0.1, 0.15) is 5.25 Å². The van der Waals surface area contributed by atoms with Gasteiger partial charge in [0, 0.05) is 19.5 Å². The zero-order valence-corrected chi connectivity index (χ0v) is 17.5. The number of rotatable bonds is 6. The second-order valence-corrected chi connectivity index (χ2v) is 10.6. The van der Waals surface area contributed by atoms with Crippen LogP contribution in [0.25, 0.3) is 0 Å². The Morgan fingerprint density at radius 2 is 1.97 bits per heavy atom. The first-order valence-electron chi connectivity index (χ1n) is 9.61. The highest BCUT2D eigenvalue weighted by Crippen LogP contribution is 2.36. The quantitative estimate of drug-likeness (QED) is 0.630. The van der Waals surface area contributed by atoms with Gasteiger partial charge in [0.15, 0.2) is 9.84 Å². The molecule has 1 aromatic carbocycles. The van der Waals surface area contributed by atoms with Gasteiger partial charge in [-0.3, -0.25) is 4.79 Å². The highest BCUT2D eigenvalue weighted by atomic mass is 32.2. The van der Waals surface area contributed by atoms with Gasteiger partial charge >= 0.3 is 0 Å². The monoisotopic (exact) mass is 437 g/mol. The summed E-state index contributed by atoms with van der Waals surface area (Å²) in [6.45, 7) is 2.20. The van der Waals surface area contributed by atoms with Crippen LogP contribution in [-0.4, -0.2) is 67.2 Å². The largest absolute Gasteiger partial charge is 0.416 e. The van der Waals surface area contributed by atoms with E-state index >= 15 is 0 Å². The molecule has 2 aliphatic rings. The summed E-state index contributed by atoms with van der Waals surface area (Å²) in [6.07, 6.45) is 1.07. The molecule has 29 heavy (non-hydrogen) atoms. The molecule has 0 radical (unpaired) electrons. The van der Waals surface area contributed by atoms with E-state index in [0.717, 1.165) is 5.56 Å². The molecular weight excluding hydrogens is 414 g/mol. The second kappa shape index (κ2) is 8.85. The maximum absolute atomic E-state index is 13.2. The fourth-order valence-corrected chi connectivity index (χ4v) is 6.43. The molecule has 0 unspecified atom stereocenters. The molecule has 156 valence electrons. The number of sulfone groups is 1. The number of morpholine rings is 1. The van der Waals surface area contributed by atoms with E-state index in [9.17, 15) is 13.2 Å². The molecule has 10 heteroatoms. The van der Waals surface area contributed by atoms with E-state index in [2.05, 4.69) is 10.2 Å².